The highest BCUT2D eigenvalue weighted by molar-refractivity contribution is 7.99. The molecule has 0 radical (unpaired) electrons. The Morgan fingerprint density at radius 1 is 1.76 bits per heavy atom. The molecule has 17 heavy (non-hydrogen) atoms. The smallest absolute Gasteiger partial charge is 0.326 e. The summed E-state index contributed by atoms with van der Waals surface area (Å²) in [5.41, 5.74) is -0.543. The van der Waals surface area contributed by atoms with Gasteiger partial charge in [0.05, 0.1) is 13.3 Å². The zero-order valence-electron chi connectivity index (χ0n) is 9.93. The van der Waals surface area contributed by atoms with E-state index in [9.17, 15) is 4.79 Å². The molecule has 2 rings (SSSR count). The van der Waals surface area contributed by atoms with Gasteiger partial charge in [0.1, 0.15) is 11.8 Å². The molecule has 1 aromatic rings. The number of oxazole rings is 1. The van der Waals surface area contributed by atoms with E-state index in [2.05, 4.69) is 10.3 Å². The van der Waals surface area contributed by atoms with Crippen molar-refractivity contribution in [1.82, 2.24) is 10.3 Å². The standard InChI is InChI=1S/C11H16N2O3S/c1-12-11(9(14)15-2)4-3-8(7-11)17-10-13-5-6-16-10/h5-6,8,12H,3-4,7H2,1-2H3. The summed E-state index contributed by atoms with van der Waals surface area (Å²) in [4.78, 5) is 15.9. The van der Waals surface area contributed by atoms with Crippen LogP contribution in [0.15, 0.2) is 22.1 Å². The first-order valence-corrected chi connectivity index (χ1v) is 6.41. The zero-order chi connectivity index (χ0) is 12.3. The molecule has 1 N–H and O–H groups in total. The van der Waals surface area contributed by atoms with Crippen LogP contribution in [0.4, 0.5) is 0 Å². The average molecular weight is 256 g/mol. The molecule has 1 fully saturated rings. The van der Waals surface area contributed by atoms with E-state index in [0.717, 1.165) is 19.3 Å². The average Bonchev–Trinajstić information content (AvgIpc) is 2.99. The largest absolute Gasteiger partial charge is 0.468 e. The van der Waals surface area contributed by atoms with Gasteiger partial charge in [-0.05, 0) is 26.3 Å². The fourth-order valence-corrected chi connectivity index (χ4v) is 3.34. The SMILES string of the molecule is CNC1(C(=O)OC)CCC(Sc2ncco2)C1. The summed E-state index contributed by atoms with van der Waals surface area (Å²) in [5, 5.41) is 4.09. The summed E-state index contributed by atoms with van der Waals surface area (Å²) in [7, 11) is 3.23. The Labute approximate surface area is 104 Å². The van der Waals surface area contributed by atoms with Crippen LogP contribution in [0.5, 0.6) is 0 Å². The van der Waals surface area contributed by atoms with Gasteiger partial charge in [0.2, 0.25) is 0 Å². The van der Waals surface area contributed by atoms with Crippen molar-refractivity contribution in [1.29, 1.82) is 0 Å². The highest BCUT2D eigenvalue weighted by Crippen LogP contribution is 2.40. The zero-order valence-corrected chi connectivity index (χ0v) is 10.8. The number of hydrogen-bond acceptors (Lipinski definition) is 6. The summed E-state index contributed by atoms with van der Waals surface area (Å²) in [5.74, 6) is -0.185. The number of rotatable bonds is 4. The van der Waals surface area contributed by atoms with Crippen LogP contribution in [-0.2, 0) is 9.53 Å². The molecule has 0 amide bonds. The van der Waals surface area contributed by atoms with Gasteiger partial charge in [0, 0.05) is 5.25 Å². The number of hydrogen-bond donors (Lipinski definition) is 1. The maximum atomic E-state index is 11.8. The van der Waals surface area contributed by atoms with E-state index < -0.39 is 5.54 Å². The number of thioether (sulfide) groups is 1. The summed E-state index contributed by atoms with van der Waals surface area (Å²) in [6.07, 6.45) is 5.66. The third-order valence-corrected chi connectivity index (χ3v) is 4.34. The lowest BCUT2D eigenvalue weighted by molar-refractivity contribution is -0.148. The number of ether oxygens (including phenoxy) is 1. The third kappa shape index (κ3) is 2.47. The number of methoxy groups -OCH3 is 1. The Balaban J connectivity index is 2.00. The van der Waals surface area contributed by atoms with Crippen LogP contribution in [0, 0.1) is 0 Å². The maximum Gasteiger partial charge on any atom is 0.326 e. The minimum atomic E-state index is -0.543. The van der Waals surface area contributed by atoms with Gasteiger partial charge in [-0.3, -0.25) is 4.79 Å². The fourth-order valence-electron chi connectivity index (χ4n) is 2.22. The Kier molecular flexibility index (Phi) is 3.73. The van der Waals surface area contributed by atoms with Crippen molar-refractivity contribution >= 4 is 17.7 Å². The van der Waals surface area contributed by atoms with Crippen molar-refractivity contribution in [2.75, 3.05) is 14.2 Å². The normalized spacial score (nSPS) is 28.2. The van der Waals surface area contributed by atoms with E-state index in [1.807, 2.05) is 0 Å². The minimum Gasteiger partial charge on any atom is -0.468 e. The predicted molar refractivity (Wildman–Crippen MR) is 63.8 cm³/mol. The van der Waals surface area contributed by atoms with Crippen LogP contribution < -0.4 is 5.32 Å². The molecule has 1 aliphatic carbocycles. The highest BCUT2D eigenvalue weighted by Gasteiger charge is 2.45. The van der Waals surface area contributed by atoms with E-state index in [-0.39, 0.29) is 5.97 Å². The molecule has 0 saturated heterocycles. The van der Waals surface area contributed by atoms with Crippen LogP contribution in [-0.4, -0.2) is 35.9 Å². The Hall–Kier alpha value is -1.01. The van der Waals surface area contributed by atoms with E-state index in [0.29, 0.717) is 10.5 Å². The van der Waals surface area contributed by atoms with Gasteiger partial charge in [-0.25, -0.2) is 4.98 Å². The van der Waals surface area contributed by atoms with Crippen molar-refractivity contribution in [3.63, 3.8) is 0 Å². The van der Waals surface area contributed by atoms with E-state index >= 15 is 0 Å². The molecule has 2 atom stereocenters. The first kappa shape index (κ1) is 12.4. The number of carbonyl (C=O) groups excluding carboxylic acids is 1. The predicted octanol–water partition coefficient (Wildman–Crippen LogP) is 1.45. The monoisotopic (exact) mass is 256 g/mol. The van der Waals surface area contributed by atoms with E-state index in [4.69, 9.17) is 9.15 Å². The molecule has 1 aromatic heterocycles. The van der Waals surface area contributed by atoms with Gasteiger partial charge in [0.15, 0.2) is 0 Å². The molecule has 0 spiro atoms. The molecule has 0 aromatic carbocycles. The molecule has 1 saturated carbocycles. The number of nitrogens with one attached hydrogen (secondary N) is 1. The van der Waals surface area contributed by atoms with Gasteiger partial charge in [-0.15, -0.1) is 0 Å². The summed E-state index contributed by atoms with van der Waals surface area (Å²) in [6.45, 7) is 0. The molecule has 6 heteroatoms. The van der Waals surface area contributed by atoms with Crippen molar-refractivity contribution in [2.45, 2.75) is 35.3 Å². The van der Waals surface area contributed by atoms with Crippen molar-refractivity contribution in [3.8, 4) is 0 Å². The number of aromatic nitrogens is 1. The third-order valence-electron chi connectivity index (χ3n) is 3.20. The first-order chi connectivity index (χ1) is 8.20. The lowest BCUT2D eigenvalue weighted by Gasteiger charge is -2.25. The van der Waals surface area contributed by atoms with E-state index in [1.165, 1.54) is 7.11 Å². The van der Waals surface area contributed by atoms with Crippen LogP contribution in [0.25, 0.3) is 0 Å². The molecule has 5 nitrogen and oxygen atoms in total. The van der Waals surface area contributed by atoms with Crippen LogP contribution >= 0.6 is 11.8 Å². The highest BCUT2D eigenvalue weighted by atomic mass is 32.2. The van der Waals surface area contributed by atoms with Gasteiger partial charge in [-0.2, -0.15) is 0 Å². The van der Waals surface area contributed by atoms with Crippen molar-refractivity contribution in [3.05, 3.63) is 12.5 Å². The second kappa shape index (κ2) is 5.10. The summed E-state index contributed by atoms with van der Waals surface area (Å²) in [6, 6.07) is 0. The number of likely N-dealkylation sites (N-methyl/N-ethyl adjacent to an activating group) is 1. The quantitative estimate of drug-likeness (QED) is 0.823. The molecule has 2 unspecified atom stereocenters. The molecular formula is C11H16N2O3S. The van der Waals surface area contributed by atoms with E-state index in [1.54, 1.807) is 31.3 Å². The van der Waals surface area contributed by atoms with Crippen LogP contribution in [0.1, 0.15) is 19.3 Å². The summed E-state index contributed by atoms with van der Waals surface area (Å²) < 4.78 is 10.1. The topological polar surface area (TPSA) is 64.4 Å². The Morgan fingerprint density at radius 2 is 2.59 bits per heavy atom. The molecule has 1 heterocycles. The molecular weight excluding hydrogens is 240 g/mol. The second-order valence-corrected chi connectivity index (χ2v) is 5.36. The number of nitrogens with zero attached hydrogens (tertiary/aromatic N) is 1. The van der Waals surface area contributed by atoms with Gasteiger partial charge in [0.25, 0.3) is 5.22 Å². The molecule has 0 bridgehead atoms. The van der Waals surface area contributed by atoms with Crippen LogP contribution in [0.3, 0.4) is 0 Å². The van der Waals surface area contributed by atoms with Crippen molar-refractivity contribution in [2.24, 2.45) is 0 Å². The fraction of sp³-hybridized carbons (Fsp3) is 0.636. The lowest BCUT2D eigenvalue weighted by Crippen LogP contribution is -2.49. The van der Waals surface area contributed by atoms with Gasteiger partial charge in [-0.1, -0.05) is 11.8 Å². The van der Waals surface area contributed by atoms with Gasteiger partial charge < -0.3 is 14.5 Å². The Bertz CT molecular complexity index is 382. The molecule has 94 valence electrons. The van der Waals surface area contributed by atoms with Crippen LogP contribution in [0.2, 0.25) is 0 Å². The Morgan fingerprint density at radius 3 is 3.18 bits per heavy atom. The molecule has 1 aliphatic rings. The first-order valence-electron chi connectivity index (χ1n) is 5.53. The van der Waals surface area contributed by atoms with Crippen molar-refractivity contribution < 1.29 is 13.9 Å². The lowest BCUT2D eigenvalue weighted by atomic mass is 9.98. The number of carbonyl (C=O) groups is 1. The second-order valence-electron chi connectivity index (χ2n) is 4.10. The number of esters is 1. The molecule has 0 aliphatic heterocycles. The maximum absolute atomic E-state index is 11.8. The summed E-state index contributed by atoms with van der Waals surface area (Å²) >= 11 is 1.58. The minimum absolute atomic E-state index is 0.185. The van der Waals surface area contributed by atoms with Gasteiger partial charge >= 0.3 is 5.97 Å².